The fourth-order valence-corrected chi connectivity index (χ4v) is 1.34. The Morgan fingerprint density at radius 2 is 2.00 bits per heavy atom. The third-order valence-corrected chi connectivity index (χ3v) is 2.97. The molecule has 0 spiro atoms. The van der Waals surface area contributed by atoms with Gasteiger partial charge in [-0.05, 0) is 28.8 Å². The minimum atomic E-state index is 0.272. The van der Waals surface area contributed by atoms with Crippen molar-refractivity contribution in [3.8, 4) is 0 Å². The van der Waals surface area contributed by atoms with Gasteiger partial charge >= 0.3 is 0 Å². The largest absolute Gasteiger partial charge is 0.351 e. The highest BCUT2D eigenvalue weighted by Crippen LogP contribution is 2.11. The smallest absolute Gasteiger partial charge is 0.222 e. The lowest BCUT2D eigenvalue weighted by Gasteiger charge is -2.18. The summed E-state index contributed by atoms with van der Waals surface area (Å²) in [7, 11) is 0. The molecule has 14 heavy (non-hydrogen) atoms. The van der Waals surface area contributed by atoms with E-state index in [1.807, 2.05) is 0 Å². The summed E-state index contributed by atoms with van der Waals surface area (Å²) in [6, 6.07) is 0.272. The van der Waals surface area contributed by atoms with Gasteiger partial charge in [-0.25, -0.2) is 9.97 Å². The van der Waals surface area contributed by atoms with Crippen molar-refractivity contribution in [1.82, 2.24) is 9.97 Å². The minimum absolute atomic E-state index is 0.272. The molecular formula is C9H13BrClN3. The molecule has 3 nitrogen and oxygen atoms in total. The van der Waals surface area contributed by atoms with Crippen LogP contribution in [0.1, 0.15) is 13.8 Å². The van der Waals surface area contributed by atoms with E-state index in [9.17, 15) is 0 Å². The summed E-state index contributed by atoms with van der Waals surface area (Å²) < 4.78 is 0.876. The van der Waals surface area contributed by atoms with Crippen LogP contribution < -0.4 is 5.32 Å². The third kappa shape index (κ3) is 3.42. The highest BCUT2D eigenvalue weighted by Gasteiger charge is 2.11. The highest BCUT2D eigenvalue weighted by atomic mass is 79.9. The van der Waals surface area contributed by atoms with E-state index < -0.39 is 0 Å². The zero-order chi connectivity index (χ0) is 10.6. The van der Waals surface area contributed by atoms with Gasteiger partial charge in [-0.1, -0.05) is 6.92 Å². The van der Waals surface area contributed by atoms with Crippen LogP contribution in [0.5, 0.6) is 0 Å². The molecule has 0 aliphatic rings. The van der Waals surface area contributed by atoms with Gasteiger partial charge in [0, 0.05) is 24.3 Å². The van der Waals surface area contributed by atoms with E-state index in [2.05, 4.69) is 45.1 Å². The Morgan fingerprint density at radius 1 is 1.43 bits per heavy atom. The number of nitrogens with zero attached hydrogens (tertiary/aromatic N) is 2. The molecule has 1 aromatic heterocycles. The molecule has 0 amide bonds. The fourth-order valence-electron chi connectivity index (χ4n) is 0.866. The van der Waals surface area contributed by atoms with Crippen LogP contribution in [-0.4, -0.2) is 21.9 Å². The molecule has 0 aliphatic carbocycles. The summed E-state index contributed by atoms with van der Waals surface area (Å²) in [5.74, 6) is 1.66. The molecule has 78 valence electrons. The van der Waals surface area contributed by atoms with E-state index in [-0.39, 0.29) is 6.04 Å². The van der Waals surface area contributed by atoms with E-state index in [1.165, 1.54) is 0 Å². The van der Waals surface area contributed by atoms with Gasteiger partial charge in [0.25, 0.3) is 0 Å². The Balaban J connectivity index is 2.56. The lowest BCUT2D eigenvalue weighted by molar-refractivity contribution is 0.562. The number of alkyl halides is 1. The molecule has 1 aromatic rings. The molecular weight excluding hydrogens is 265 g/mol. The molecule has 0 fully saturated rings. The third-order valence-electron chi connectivity index (χ3n) is 2.07. The Hall–Kier alpha value is -0.350. The number of rotatable bonds is 4. The maximum atomic E-state index is 5.75. The Kier molecular flexibility index (Phi) is 4.62. The Morgan fingerprint density at radius 3 is 2.50 bits per heavy atom. The standard InChI is InChI=1S/C9H13BrClN3/c1-6(3-11)7(2)14-9-12-4-8(10)5-13-9/h4-7H,3H2,1-2H3,(H,12,13,14). The normalized spacial score (nSPS) is 14.9. The topological polar surface area (TPSA) is 37.8 Å². The van der Waals surface area contributed by atoms with Crippen LogP contribution in [0.4, 0.5) is 5.95 Å². The van der Waals surface area contributed by atoms with Crippen LogP contribution in [0.2, 0.25) is 0 Å². The van der Waals surface area contributed by atoms with E-state index in [0.717, 1.165) is 4.47 Å². The van der Waals surface area contributed by atoms with Gasteiger partial charge in [0.05, 0.1) is 4.47 Å². The van der Waals surface area contributed by atoms with Crippen LogP contribution in [-0.2, 0) is 0 Å². The summed E-state index contributed by atoms with van der Waals surface area (Å²) in [5.41, 5.74) is 0. The SMILES string of the molecule is CC(CCl)C(C)Nc1ncc(Br)cn1. The quantitative estimate of drug-likeness (QED) is 0.861. The Bertz CT molecular complexity index is 278. The second-order valence-corrected chi connectivity index (χ2v) is 4.51. The fraction of sp³-hybridized carbons (Fsp3) is 0.556. The van der Waals surface area contributed by atoms with Crippen molar-refractivity contribution in [3.63, 3.8) is 0 Å². The van der Waals surface area contributed by atoms with E-state index in [1.54, 1.807) is 12.4 Å². The zero-order valence-electron chi connectivity index (χ0n) is 8.17. The predicted octanol–water partition coefficient (Wildman–Crippen LogP) is 2.91. The predicted molar refractivity (Wildman–Crippen MR) is 62.7 cm³/mol. The summed E-state index contributed by atoms with van der Waals surface area (Å²) in [4.78, 5) is 8.25. The number of nitrogens with one attached hydrogen (secondary N) is 1. The molecule has 0 saturated heterocycles. The van der Waals surface area contributed by atoms with E-state index in [4.69, 9.17) is 11.6 Å². The number of anilines is 1. The van der Waals surface area contributed by atoms with Gasteiger partial charge in [-0.3, -0.25) is 0 Å². The van der Waals surface area contributed by atoms with Crippen molar-refractivity contribution in [1.29, 1.82) is 0 Å². The first-order chi connectivity index (χ1) is 6.63. The summed E-state index contributed by atoms with van der Waals surface area (Å²) >= 11 is 9.03. The van der Waals surface area contributed by atoms with Crippen LogP contribution >= 0.6 is 27.5 Å². The zero-order valence-corrected chi connectivity index (χ0v) is 10.5. The maximum absolute atomic E-state index is 5.75. The lowest BCUT2D eigenvalue weighted by atomic mass is 10.1. The van der Waals surface area contributed by atoms with Crippen molar-refractivity contribution in [2.75, 3.05) is 11.2 Å². The van der Waals surface area contributed by atoms with Gasteiger partial charge in [0.2, 0.25) is 5.95 Å². The van der Waals surface area contributed by atoms with Crippen molar-refractivity contribution in [3.05, 3.63) is 16.9 Å². The first-order valence-electron chi connectivity index (χ1n) is 4.43. The number of hydrogen-bond donors (Lipinski definition) is 1. The molecule has 0 radical (unpaired) electrons. The van der Waals surface area contributed by atoms with Gasteiger partial charge in [0.15, 0.2) is 0 Å². The number of aromatic nitrogens is 2. The van der Waals surface area contributed by atoms with Crippen molar-refractivity contribution in [2.24, 2.45) is 5.92 Å². The maximum Gasteiger partial charge on any atom is 0.222 e. The molecule has 0 saturated carbocycles. The minimum Gasteiger partial charge on any atom is -0.351 e. The van der Waals surface area contributed by atoms with Crippen molar-refractivity contribution < 1.29 is 0 Å². The first kappa shape index (κ1) is 11.7. The number of halogens is 2. The van der Waals surface area contributed by atoms with Crippen LogP contribution in [0, 0.1) is 5.92 Å². The highest BCUT2D eigenvalue weighted by molar-refractivity contribution is 9.10. The molecule has 0 bridgehead atoms. The second kappa shape index (κ2) is 5.51. The molecule has 0 aromatic carbocycles. The van der Waals surface area contributed by atoms with E-state index >= 15 is 0 Å². The average Bonchev–Trinajstić information content (AvgIpc) is 2.20. The van der Waals surface area contributed by atoms with Gasteiger partial charge in [0.1, 0.15) is 0 Å². The van der Waals surface area contributed by atoms with Crippen LogP contribution in [0.25, 0.3) is 0 Å². The second-order valence-electron chi connectivity index (χ2n) is 3.29. The number of hydrogen-bond acceptors (Lipinski definition) is 3. The molecule has 1 N–H and O–H groups in total. The van der Waals surface area contributed by atoms with Gasteiger partial charge in [-0.2, -0.15) is 0 Å². The molecule has 1 heterocycles. The summed E-state index contributed by atoms with van der Waals surface area (Å²) in [6.07, 6.45) is 3.43. The molecule has 5 heteroatoms. The van der Waals surface area contributed by atoms with Gasteiger partial charge in [-0.15, -0.1) is 11.6 Å². The van der Waals surface area contributed by atoms with Crippen molar-refractivity contribution in [2.45, 2.75) is 19.9 Å². The molecule has 0 aliphatic heterocycles. The molecule has 2 atom stereocenters. The Labute approximate surface area is 97.4 Å². The summed E-state index contributed by atoms with van der Waals surface area (Å²) in [6.45, 7) is 4.15. The lowest BCUT2D eigenvalue weighted by Crippen LogP contribution is -2.25. The van der Waals surface area contributed by atoms with Crippen LogP contribution in [0.15, 0.2) is 16.9 Å². The summed E-state index contributed by atoms with van der Waals surface area (Å²) in [5, 5.41) is 3.19. The average molecular weight is 279 g/mol. The van der Waals surface area contributed by atoms with Crippen LogP contribution in [0.3, 0.4) is 0 Å². The van der Waals surface area contributed by atoms with Crippen molar-refractivity contribution >= 4 is 33.5 Å². The first-order valence-corrected chi connectivity index (χ1v) is 5.76. The molecule has 1 rings (SSSR count). The molecule has 2 unspecified atom stereocenters. The van der Waals surface area contributed by atoms with Gasteiger partial charge < -0.3 is 5.32 Å². The monoisotopic (exact) mass is 277 g/mol. The van der Waals surface area contributed by atoms with E-state index in [0.29, 0.717) is 17.7 Å².